The molecule has 1 saturated heterocycles. The normalized spacial score (nSPS) is 19.1. The number of carbonyl (C=O) groups excluding carboxylic acids is 1. The second-order valence-electron chi connectivity index (χ2n) is 4.19. The van der Waals surface area contributed by atoms with E-state index in [1.165, 1.54) is 12.1 Å². The molecule has 1 aromatic carbocycles. The second-order valence-corrected chi connectivity index (χ2v) is 4.19. The van der Waals surface area contributed by atoms with Crippen LogP contribution in [0.25, 0.3) is 0 Å². The standard InChI is InChI=1S/C12H16FN3O/c1-16(11-6-7-14-8-11)12(17)15-10-4-2-9(13)3-5-10/h2-5,11,14H,6-8H2,1H3,(H,15,17). The van der Waals surface area contributed by atoms with E-state index in [9.17, 15) is 9.18 Å². The van der Waals surface area contributed by atoms with Gasteiger partial charge in [0.05, 0.1) is 0 Å². The van der Waals surface area contributed by atoms with Gasteiger partial charge in [-0.25, -0.2) is 9.18 Å². The highest BCUT2D eigenvalue weighted by atomic mass is 19.1. The molecule has 1 aromatic rings. The second kappa shape index (κ2) is 5.14. The lowest BCUT2D eigenvalue weighted by atomic mass is 10.2. The van der Waals surface area contributed by atoms with Gasteiger partial charge in [-0.3, -0.25) is 0 Å². The molecule has 2 amide bonds. The summed E-state index contributed by atoms with van der Waals surface area (Å²) in [7, 11) is 1.77. The van der Waals surface area contributed by atoms with E-state index in [1.807, 2.05) is 0 Å². The summed E-state index contributed by atoms with van der Waals surface area (Å²) < 4.78 is 12.7. The van der Waals surface area contributed by atoms with Crippen molar-refractivity contribution in [1.82, 2.24) is 10.2 Å². The first-order valence-electron chi connectivity index (χ1n) is 5.67. The highest BCUT2D eigenvalue weighted by Crippen LogP contribution is 2.11. The molecule has 1 fully saturated rings. The van der Waals surface area contributed by atoms with Crippen molar-refractivity contribution in [1.29, 1.82) is 0 Å². The van der Waals surface area contributed by atoms with Gasteiger partial charge in [-0.05, 0) is 37.2 Å². The average molecular weight is 237 g/mol. The topological polar surface area (TPSA) is 44.4 Å². The van der Waals surface area contributed by atoms with Crippen molar-refractivity contribution in [3.8, 4) is 0 Å². The summed E-state index contributed by atoms with van der Waals surface area (Å²) in [6, 6.07) is 5.82. The quantitative estimate of drug-likeness (QED) is 0.821. The fourth-order valence-corrected chi connectivity index (χ4v) is 1.88. The number of hydrogen-bond acceptors (Lipinski definition) is 2. The lowest BCUT2D eigenvalue weighted by molar-refractivity contribution is 0.207. The maximum atomic E-state index is 12.7. The van der Waals surface area contributed by atoms with Gasteiger partial charge in [-0.1, -0.05) is 0 Å². The summed E-state index contributed by atoms with van der Waals surface area (Å²) in [5.41, 5.74) is 0.606. The summed E-state index contributed by atoms with van der Waals surface area (Å²) in [5, 5.41) is 5.95. The van der Waals surface area contributed by atoms with Gasteiger partial charge in [0.1, 0.15) is 5.82 Å². The van der Waals surface area contributed by atoms with Crippen LogP contribution in [-0.4, -0.2) is 37.1 Å². The minimum absolute atomic E-state index is 0.162. The van der Waals surface area contributed by atoms with Crippen LogP contribution < -0.4 is 10.6 Å². The molecule has 1 unspecified atom stereocenters. The van der Waals surface area contributed by atoms with Crippen LogP contribution in [0, 0.1) is 5.82 Å². The molecule has 4 nitrogen and oxygen atoms in total. The number of hydrogen-bond donors (Lipinski definition) is 2. The molecule has 1 aliphatic heterocycles. The zero-order valence-electron chi connectivity index (χ0n) is 9.74. The van der Waals surface area contributed by atoms with Crippen LogP contribution in [0.15, 0.2) is 24.3 Å². The van der Waals surface area contributed by atoms with Crippen molar-refractivity contribution in [3.05, 3.63) is 30.1 Å². The lowest BCUT2D eigenvalue weighted by Gasteiger charge is -2.24. The van der Waals surface area contributed by atoms with Gasteiger partial charge in [0.25, 0.3) is 0 Å². The number of halogens is 1. The van der Waals surface area contributed by atoms with Crippen LogP contribution in [-0.2, 0) is 0 Å². The Kier molecular flexibility index (Phi) is 3.58. The van der Waals surface area contributed by atoms with Gasteiger partial charge in [0.15, 0.2) is 0 Å². The summed E-state index contributed by atoms with van der Waals surface area (Å²) in [6.45, 7) is 1.77. The monoisotopic (exact) mass is 237 g/mol. The Morgan fingerprint density at radius 1 is 1.47 bits per heavy atom. The summed E-state index contributed by atoms with van der Waals surface area (Å²) >= 11 is 0. The van der Waals surface area contributed by atoms with Crippen LogP contribution >= 0.6 is 0 Å². The number of amides is 2. The number of rotatable bonds is 2. The highest BCUT2D eigenvalue weighted by molar-refractivity contribution is 5.89. The van der Waals surface area contributed by atoms with Gasteiger partial charge < -0.3 is 15.5 Å². The Morgan fingerprint density at radius 3 is 2.76 bits per heavy atom. The fraction of sp³-hybridized carbons (Fsp3) is 0.417. The molecule has 1 aliphatic rings. The summed E-state index contributed by atoms with van der Waals surface area (Å²) in [6.07, 6.45) is 0.966. The molecular weight excluding hydrogens is 221 g/mol. The Hall–Kier alpha value is -1.62. The van der Waals surface area contributed by atoms with Crippen molar-refractivity contribution in [2.75, 3.05) is 25.5 Å². The maximum Gasteiger partial charge on any atom is 0.321 e. The minimum Gasteiger partial charge on any atom is -0.323 e. The van der Waals surface area contributed by atoms with Crippen LogP contribution in [0.5, 0.6) is 0 Å². The zero-order chi connectivity index (χ0) is 12.3. The van der Waals surface area contributed by atoms with E-state index in [0.717, 1.165) is 19.5 Å². The molecule has 1 heterocycles. The SMILES string of the molecule is CN(C(=O)Nc1ccc(F)cc1)C1CCNC1. The Labute approximate surface area is 99.8 Å². The lowest BCUT2D eigenvalue weighted by Crippen LogP contribution is -2.40. The highest BCUT2D eigenvalue weighted by Gasteiger charge is 2.22. The number of urea groups is 1. The molecule has 2 rings (SSSR count). The van der Waals surface area contributed by atoms with Gasteiger partial charge >= 0.3 is 6.03 Å². The third-order valence-corrected chi connectivity index (χ3v) is 3.00. The Bertz CT molecular complexity index is 387. The largest absolute Gasteiger partial charge is 0.323 e. The number of likely N-dealkylation sites (N-methyl/N-ethyl adjacent to an activating group) is 1. The van der Waals surface area contributed by atoms with E-state index in [1.54, 1.807) is 24.1 Å². The first-order chi connectivity index (χ1) is 8.16. The van der Waals surface area contributed by atoms with Gasteiger partial charge in [-0.2, -0.15) is 0 Å². The predicted octanol–water partition coefficient (Wildman–Crippen LogP) is 1.65. The van der Waals surface area contributed by atoms with E-state index < -0.39 is 0 Å². The molecule has 0 radical (unpaired) electrons. The Balaban J connectivity index is 1.93. The van der Waals surface area contributed by atoms with Crippen molar-refractivity contribution < 1.29 is 9.18 Å². The molecule has 2 N–H and O–H groups in total. The first-order valence-corrected chi connectivity index (χ1v) is 5.67. The average Bonchev–Trinajstić information content (AvgIpc) is 2.84. The van der Waals surface area contributed by atoms with Gasteiger partial charge in [0.2, 0.25) is 0 Å². The van der Waals surface area contributed by atoms with Crippen LogP contribution in [0.4, 0.5) is 14.9 Å². The van der Waals surface area contributed by atoms with E-state index in [-0.39, 0.29) is 17.9 Å². The number of carbonyl (C=O) groups is 1. The van der Waals surface area contributed by atoms with Gasteiger partial charge in [0, 0.05) is 25.3 Å². The molecule has 0 bridgehead atoms. The third kappa shape index (κ3) is 2.94. The van der Waals surface area contributed by atoms with Crippen molar-refractivity contribution in [2.24, 2.45) is 0 Å². The van der Waals surface area contributed by atoms with Crippen molar-refractivity contribution in [2.45, 2.75) is 12.5 Å². The van der Waals surface area contributed by atoms with E-state index in [0.29, 0.717) is 5.69 Å². The molecule has 92 valence electrons. The molecule has 17 heavy (non-hydrogen) atoms. The number of nitrogens with zero attached hydrogens (tertiary/aromatic N) is 1. The molecule has 0 aliphatic carbocycles. The van der Waals surface area contributed by atoms with E-state index in [2.05, 4.69) is 10.6 Å². The summed E-state index contributed by atoms with van der Waals surface area (Å²) in [5.74, 6) is -0.309. The van der Waals surface area contributed by atoms with Gasteiger partial charge in [-0.15, -0.1) is 0 Å². The van der Waals surface area contributed by atoms with Crippen LogP contribution in [0.3, 0.4) is 0 Å². The third-order valence-electron chi connectivity index (χ3n) is 3.00. The fourth-order valence-electron chi connectivity index (χ4n) is 1.88. The summed E-state index contributed by atoms with van der Waals surface area (Å²) in [4.78, 5) is 13.6. The molecule has 5 heteroatoms. The molecule has 0 aromatic heterocycles. The predicted molar refractivity (Wildman–Crippen MR) is 64.5 cm³/mol. The Morgan fingerprint density at radius 2 is 2.18 bits per heavy atom. The van der Waals surface area contributed by atoms with Crippen LogP contribution in [0.2, 0.25) is 0 Å². The molecule has 1 atom stereocenters. The number of anilines is 1. The first kappa shape index (κ1) is 11.9. The zero-order valence-corrected chi connectivity index (χ0v) is 9.74. The maximum absolute atomic E-state index is 12.7. The molecule has 0 spiro atoms. The molecular formula is C12H16FN3O. The van der Waals surface area contributed by atoms with Crippen molar-refractivity contribution in [3.63, 3.8) is 0 Å². The van der Waals surface area contributed by atoms with E-state index in [4.69, 9.17) is 0 Å². The van der Waals surface area contributed by atoms with Crippen LogP contribution in [0.1, 0.15) is 6.42 Å². The number of benzene rings is 1. The minimum atomic E-state index is -0.309. The van der Waals surface area contributed by atoms with E-state index >= 15 is 0 Å². The van der Waals surface area contributed by atoms with Crippen molar-refractivity contribution >= 4 is 11.7 Å². The molecule has 0 saturated carbocycles. The number of nitrogens with one attached hydrogen (secondary N) is 2. The smallest absolute Gasteiger partial charge is 0.321 e.